The second-order valence-corrected chi connectivity index (χ2v) is 8.82. The number of pyridine rings is 1. The molecule has 6 heteroatoms. The fourth-order valence-corrected chi connectivity index (χ4v) is 4.53. The van der Waals surface area contributed by atoms with Crippen LogP contribution < -0.4 is 4.74 Å². The Bertz CT molecular complexity index is 1240. The first kappa shape index (κ1) is 23.0. The van der Waals surface area contributed by atoms with Gasteiger partial charge in [0.15, 0.2) is 0 Å². The maximum Gasteiger partial charge on any atom is 0.227 e. The van der Waals surface area contributed by atoms with Gasteiger partial charge in [-0.25, -0.2) is 4.98 Å². The second kappa shape index (κ2) is 10.6. The molecule has 1 amide bonds. The van der Waals surface area contributed by atoms with Crippen LogP contribution in [0.3, 0.4) is 0 Å². The van der Waals surface area contributed by atoms with E-state index in [1.165, 1.54) is 0 Å². The minimum Gasteiger partial charge on any atom is -0.497 e. The summed E-state index contributed by atoms with van der Waals surface area (Å²) in [5.41, 5.74) is 5.98. The van der Waals surface area contributed by atoms with Gasteiger partial charge in [-0.15, -0.1) is 0 Å². The van der Waals surface area contributed by atoms with E-state index in [1.807, 2.05) is 46.0 Å². The number of carbonyl (C=O) groups is 1. The summed E-state index contributed by atoms with van der Waals surface area (Å²) in [6, 6.07) is 18.3. The molecular weight excluding hydrogens is 432 g/mol. The lowest BCUT2D eigenvalue weighted by molar-refractivity contribution is -0.131. The minimum absolute atomic E-state index is 0.0791. The molecular formula is C27H28N2O3S. The van der Waals surface area contributed by atoms with E-state index < -0.39 is 0 Å². The van der Waals surface area contributed by atoms with Crippen LogP contribution in [0.2, 0.25) is 0 Å². The van der Waals surface area contributed by atoms with Gasteiger partial charge >= 0.3 is 0 Å². The summed E-state index contributed by atoms with van der Waals surface area (Å²) in [4.78, 5) is 20.1. The molecule has 0 atom stereocenters. The van der Waals surface area contributed by atoms with Gasteiger partial charge in [0.05, 0.1) is 31.3 Å². The van der Waals surface area contributed by atoms with Crippen molar-refractivity contribution in [3.63, 3.8) is 0 Å². The van der Waals surface area contributed by atoms with Crippen LogP contribution in [0.4, 0.5) is 0 Å². The van der Waals surface area contributed by atoms with Gasteiger partial charge < -0.3 is 14.4 Å². The predicted octanol–water partition coefficient (Wildman–Crippen LogP) is 5.50. The number of hydrogen-bond donors (Lipinski definition) is 0. The molecule has 5 nitrogen and oxygen atoms in total. The molecule has 0 radical (unpaired) electrons. The Labute approximate surface area is 198 Å². The molecule has 0 saturated carbocycles. The largest absolute Gasteiger partial charge is 0.497 e. The van der Waals surface area contributed by atoms with E-state index in [9.17, 15) is 4.79 Å². The molecule has 4 rings (SSSR count). The summed E-state index contributed by atoms with van der Waals surface area (Å²) in [5, 5.41) is 5.04. The standard InChI is InChI=1S/C27H28N2O3S/c1-19-5-4-6-22(13-19)27-23(15-21-7-8-24(32-3)16-25(21)28-27)17-29(10-11-31-2)26(30)14-20-9-12-33-18-20/h4-9,12-13,15-16,18H,10-11,14,17H2,1-3H3. The number of ether oxygens (including phenoxy) is 2. The van der Waals surface area contributed by atoms with Gasteiger partial charge in [-0.3, -0.25) is 4.79 Å². The van der Waals surface area contributed by atoms with Gasteiger partial charge in [0.2, 0.25) is 5.91 Å². The van der Waals surface area contributed by atoms with Crippen LogP contribution in [0, 0.1) is 6.92 Å². The van der Waals surface area contributed by atoms with E-state index in [-0.39, 0.29) is 5.91 Å². The van der Waals surface area contributed by atoms with E-state index in [0.29, 0.717) is 26.1 Å². The van der Waals surface area contributed by atoms with E-state index in [2.05, 4.69) is 31.2 Å². The van der Waals surface area contributed by atoms with Gasteiger partial charge in [0.1, 0.15) is 5.75 Å². The van der Waals surface area contributed by atoms with E-state index in [0.717, 1.165) is 44.6 Å². The Morgan fingerprint density at radius 1 is 1.09 bits per heavy atom. The number of amides is 1. The third-order valence-electron chi connectivity index (χ3n) is 5.61. The molecule has 0 aliphatic rings. The molecule has 0 saturated heterocycles. The lowest BCUT2D eigenvalue weighted by Gasteiger charge is -2.24. The fourth-order valence-electron chi connectivity index (χ4n) is 3.86. The average Bonchev–Trinajstić information content (AvgIpc) is 3.33. The molecule has 2 aromatic heterocycles. The van der Waals surface area contributed by atoms with Crippen molar-refractivity contribution in [2.45, 2.75) is 19.9 Å². The molecule has 2 aromatic carbocycles. The summed E-state index contributed by atoms with van der Waals surface area (Å²) in [7, 11) is 3.31. The van der Waals surface area contributed by atoms with Crippen LogP contribution in [-0.4, -0.2) is 43.2 Å². The second-order valence-electron chi connectivity index (χ2n) is 8.04. The summed E-state index contributed by atoms with van der Waals surface area (Å²) in [5.74, 6) is 0.848. The van der Waals surface area contributed by atoms with Gasteiger partial charge in [-0.1, -0.05) is 23.8 Å². The number of aromatic nitrogens is 1. The van der Waals surface area contributed by atoms with Gasteiger partial charge in [0.25, 0.3) is 0 Å². The molecule has 0 bridgehead atoms. The van der Waals surface area contributed by atoms with Gasteiger partial charge in [0, 0.05) is 37.2 Å². The number of aryl methyl sites for hydroxylation is 1. The number of rotatable bonds is 9. The lowest BCUT2D eigenvalue weighted by Crippen LogP contribution is -2.34. The van der Waals surface area contributed by atoms with Crippen LogP contribution in [0.15, 0.2) is 65.4 Å². The number of fused-ring (bicyclic) bond motifs is 1. The molecule has 0 unspecified atom stereocenters. The zero-order valence-corrected chi connectivity index (χ0v) is 20.0. The quantitative estimate of drug-likeness (QED) is 0.331. The van der Waals surface area contributed by atoms with Crippen LogP contribution in [0.1, 0.15) is 16.7 Å². The van der Waals surface area contributed by atoms with Crippen LogP contribution >= 0.6 is 11.3 Å². The van der Waals surface area contributed by atoms with Crippen molar-refractivity contribution in [1.29, 1.82) is 0 Å². The van der Waals surface area contributed by atoms with Crippen molar-refractivity contribution in [1.82, 2.24) is 9.88 Å². The van der Waals surface area contributed by atoms with Crippen molar-refractivity contribution >= 4 is 28.1 Å². The van der Waals surface area contributed by atoms with Crippen molar-refractivity contribution < 1.29 is 14.3 Å². The SMILES string of the molecule is COCCN(Cc1cc2ccc(OC)cc2nc1-c1cccc(C)c1)C(=O)Cc1ccsc1. The first-order chi connectivity index (χ1) is 16.1. The normalized spacial score (nSPS) is 11.0. The molecule has 33 heavy (non-hydrogen) atoms. The van der Waals surface area contributed by atoms with E-state index in [4.69, 9.17) is 14.5 Å². The van der Waals surface area contributed by atoms with E-state index in [1.54, 1.807) is 25.6 Å². The highest BCUT2D eigenvalue weighted by atomic mass is 32.1. The highest BCUT2D eigenvalue weighted by Crippen LogP contribution is 2.29. The Balaban J connectivity index is 1.75. The third-order valence-corrected chi connectivity index (χ3v) is 6.34. The van der Waals surface area contributed by atoms with Crippen LogP contribution in [0.5, 0.6) is 5.75 Å². The number of methoxy groups -OCH3 is 2. The summed E-state index contributed by atoms with van der Waals surface area (Å²) in [6.07, 6.45) is 0.380. The van der Waals surface area contributed by atoms with Gasteiger partial charge in [-0.05, 0) is 59.1 Å². The monoisotopic (exact) mass is 460 g/mol. The third kappa shape index (κ3) is 5.59. The summed E-state index contributed by atoms with van der Waals surface area (Å²) < 4.78 is 10.7. The van der Waals surface area contributed by atoms with Crippen molar-refractivity contribution in [3.8, 4) is 17.0 Å². The predicted molar refractivity (Wildman–Crippen MR) is 134 cm³/mol. The van der Waals surface area contributed by atoms with Crippen molar-refractivity contribution in [3.05, 3.63) is 82.0 Å². The Hall–Kier alpha value is -3.22. The molecule has 2 heterocycles. The molecule has 0 fully saturated rings. The van der Waals surface area contributed by atoms with Crippen molar-refractivity contribution in [2.24, 2.45) is 0 Å². The molecule has 4 aromatic rings. The highest BCUT2D eigenvalue weighted by Gasteiger charge is 2.19. The summed E-state index contributed by atoms with van der Waals surface area (Å²) in [6.45, 7) is 3.54. The average molecular weight is 461 g/mol. The van der Waals surface area contributed by atoms with Crippen molar-refractivity contribution in [2.75, 3.05) is 27.4 Å². The molecule has 0 N–H and O–H groups in total. The number of nitrogens with zero attached hydrogens (tertiary/aromatic N) is 2. The Kier molecular flexibility index (Phi) is 7.37. The molecule has 0 aliphatic carbocycles. The Morgan fingerprint density at radius 3 is 2.70 bits per heavy atom. The number of carbonyl (C=O) groups excluding carboxylic acids is 1. The maximum atomic E-state index is 13.2. The van der Waals surface area contributed by atoms with Gasteiger partial charge in [-0.2, -0.15) is 11.3 Å². The zero-order valence-electron chi connectivity index (χ0n) is 19.2. The summed E-state index contributed by atoms with van der Waals surface area (Å²) >= 11 is 1.60. The number of hydrogen-bond acceptors (Lipinski definition) is 5. The maximum absolute atomic E-state index is 13.2. The first-order valence-corrected chi connectivity index (χ1v) is 11.8. The lowest BCUT2D eigenvalue weighted by atomic mass is 10.0. The number of thiophene rings is 1. The zero-order chi connectivity index (χ0) is 23.2. The highest BCUT2D eigenvalue weighted by molar-refractivity contribution is 7.08. The van der Waals surface area contributed by atoms with Crippen LogP contribution in [0.25, 0.3) is 22.2 Å². The smallest absolute Gasteiger partial charge is 0.227 e. The fraction of sp³-hybridized carbons (Fsp3) is 0.259. The molecule has 170 valence electrons. The van der Waals surface area contributed by atoms with E-state index >= 15 is 0 Å². The van der Waals surface area contributed by atoms with Crippen LogP contribution in [-0.2, 0) is 22.5 Å². The topological polar surface area (TPSA) is 51.7 Å². The molecule has 0 spiro atoms. The first-order valence-electron chi connectivity index (χ1n) is 10.9. The Morgan fingerprint density at radius 2 is 1.97 bits per heavy atom. The minimum atomic E-state index is 0.0791. The number of benzene rings is 2. The molecule has 0 aliphatic heterocycles.